The van der Waals surface area contributed by atoms with Crippen LogP contribution in [0.4, 0.5) is 10.5 Å². The van der Waals surface area contributed by atoms with Gasteiger partial charge >= 0.3 is 6.03 Å². The molecule has 2 heterocycles. The van der Waals surface area contributed by atoms with Crippen molar-refractivity contribution in [2.75, 3.05) is 31.5 Å². The van der Waals surface area contributed by atoms with Crippen LogP contribution in [0.15, 0.2) is 72.9 Å². The predicted molar refractivity (Wildman–Crippen MR) is 147 cm³/mol. The summed E-state index contributed by atoms with van der Waals surface area (Å²) in [6.07, 6.45) is 1.90. The van der Waals surface area contributed by atoms with E-state index in [9.17, 15) is 9.59 Å². The van der Waals surface area contributed by atoms with Gasteiger partial charge in [0.1, 0.15) is 0 Å². The number of piperazine rings is 1. The number of carbonyl (C=O) groups excluding carboxylic acids is 2. The standard InChI is InChI=1S/C30H31N5O2/c1-19(2)32-30(37)33-22-8-9-24-23-5-3-4-6-25(23)28(26(24)18-22)34-13-15-35(16-14-34)29(36)21-7-10-27-20(17-21)11-12-31-27/h3-12,17-19,28,31H,13-16H2,1-2H3,(H2,32,33,37). The molecule has 3 aromatic carbocycles. The van der Waals surface area contributed by atoms with Gasteiger partial charge in [-0.2, -0.15) is 0 Å². The molecule has 0 bridgehead atoms. The summed E-state index contributed by atoms with van der Waals surface area (Å²) in [5.41, 5.74) is 7.46. The average molecular weight is 494 g/mol. The van der Waals surface area contributed by atoms with E-state index in [-0.39, 0.29) is 24.0 Å². The van der Waals surface area contributed by atoms with Gasteiger partial charge in [-0.3, -0.25) is 9.69 Å². The lowest BCUT2D eigenvalue weighted by molar-refractivity contribution is 0.0600. The summed E-state index contributed by atoms with van der Waals surface area (Å²) in [5.74, 6) is 0.0811. The molecule has 3 amide bonds. The van der Waals surface area contributed by atoms with Gasteiger partial charge < -0.3 is 20.5 Å². The monoisotopic (exact) mass is 493 g/mol. The summed E-state index contributed by atoms with van der Waals surface area (Å²) in [7, 11) is 0. The van der Waals surface area contributed by atoms with E-state index >= 15 is 0 Å². The second-order valence-electron chi connectivity index (χ2n) is 10.2. The number of benzene rings is 3. The quantitative estimate of drug-likeness (QED) is 0.364. The molecule has 1 aliphatic carbocycles. The summed E-state index contributed by atoms with van der Waals surface area (Å²) in [5, 5.41) is 6.92. The first kappa shape index (κ1) is 23.3. The Balaban J connectivity index is 1.22. The van der Waals surface area contributed by atoms with Crippen LogP contribution in [0.25, 0.3) is 22.0 Å². The van der Waals surface area contributed by atoms with Crippen molar-refractivity contribution in [3.05, 3.63) is 89.6 Å². The zero-order chi connectivity index (χ0) is 25.5. The highest BCUT2D eigenvalue weighted by Gasteiger charge is 2.35. The number of nitrogens with zero attached hydrogens (tertiary/aromatic N) is 2. The fraction of sp³-hybridized carbons (Fsp3) is 0.267. The van der Waals surface area contributed by atoms with E-state index in [0.717, 1.165) is 35.2 Å². The van der Waals surface area contributed by atoms with Crippen LogP contribution >= 0.6 is 0 Å². The highest BCUT2D eigenvalue weighted by Crippen LogP contribution is 2.47. The number of aromatic amines is 1. The minimum absolute atomic E-state index is 0.0652. The Morgan fingerprint density at radius 2 is 1.68 bits per heavy atom. The fourth-order valence-corrected chi connectivity index (χ4v) is 5.64. The predicted octanol–water partition coefficient (Wildman–Crippen LogP) is 5.23. The zero-order valence-corrected chi connectivity index (χ0v) is 21.1. The number of carbonyl (C=O) groups is 2. The van der Waals surface area contributed by atoms with E-state index in [1.807, 2.05) is 55.3 Å². The fourth-order valence-electron chi connectivity index (χ4n) is 5.64. The molecule has 7 heteroatoms. The minimum atomic E-state index is -0.202. The van der Waals surface area contributed by atoms with Crippen molar-refractivity contribution < 1.29 is 9.59 Å². The van der Waals surface area contributed by atoms with Gasteiger partial charge in [-0.15, -0.1) is 0 Å². The van der Waals surface area contributed by atoms with Gasteiger partial charge in [0.25, 0.3) is 5.91 Å². The lowest BCUT2D eigenvalue weighted by atomic mass is 10.0. The molecule has 7 nitrogen and oxygen atoms in total. The van der Waals surface area contributed by atoms with Gasteiger partial charge in [0.15, 0.2) is 0 Å². The third-order valence-electron chi connectivity index (χ3n) is 7.34. The number of nitrogens with one attached hydrogen (secondary N) is 3. The second kappa shape index (κ2) is 9.41. The maximum absolute atomic E-state index is 13.3. The van der Waals surface area contributed by atoms with E-state index in [4.69, 9.17) is 0 Å². The summed E-state index contributed by atoms with van der Waals surface area (Å²) < 4.78 is 0. The van der Waals surface area contributed by atoms with Crippen molar-refractivity contribution in [1.82, 2.24) is 20.1 Å². The first-order valence-electron chi connectivity index (χ1n) is 12.9. The van der Waals surface area contributed by atoms with Crippen molar-refractivity contribution >= 4 is 28.5 Å². The number of rotatable bonds is 4. The Hall–Kier alpha value is -4.10. The summed E-state index contributed by atoms with van der Waals surface area (Å²) in [6.45, 7) is 6.79. The third-order valence-corrected chi connectivity index (χ3v) is 7.34. The van der Waals surface area contributed by atoms with Crippen LogP contribution in [-0.4, -0.2) is 58.9 Å². The summed E-state index contributed by atoms with van der Waals surface area (Å²) >= 11 is 0. The van der Waals surface area contributed by atoms with Crippen LogP contribution in [0.1, 0.15) is 41.4 Å². The van der Waals surface area contributed by atoms with Crippen molar-refractivity contribution in [3.8, 4) is 11.1 Å². The number of amides is 3. The molecule has 1 aromatic heterocycles. The second-order valence-corrected chi connectivity index (χ2v) is 10.2. The Bertz CT molecular complexity index is 1480. The first-order valence-corrected chi connectivity index (χ1v) is 12.9. The SMILES string of the molecule is CC(C)NC(=O)Nc1ccc2c(c1)C(N1CCN(C(=O)c3ccc4[nH]ccc4c3)CC1)c1ccccc1-2. The van der Waals surface area contributed by atoms with Gasteiger partial charge in [-0.05, 0) is 72.5 Å². The Morgan fingerprint density at radius 1 is 0.892 bits per heavy atom. The van der Waals surface area contributed by atoms with Gasteiger partial charge in [-0.1, -0.05) is 30.3 Å². The minimum Gasteiger partial charge on any atom is -0.361 e. The lowest BCUT2D eigenvalue weighted by Crippen LogP contribution is -2.49. The van der Waals surface area contributed by atoms with Crippen molar-refractivity contribution in [3.63, 3.8) is 0 Å². The van der Waals surface area contributed by atoms with Crippen LogP contribution in [0.2, 0.25) is 0 Å². The molecule has 1 fully saturated rings. The van der Waals surface area contributed by atoms with Crippen LogP contribution in [0, 0.1) is 0 Å². The molecule has 1 atom stereocenters. The number of H-pyrrole nitrogens is 1. The Labute approximate surface area is 216 Å². The van der Waals surface area contributed by atoms with Crippen LogP contribution < -0.4 is 10.6 Å². The van der Waals surface area contributed by atoms with Crippen molar-refractivity contribution in [2.45, 2.75) is 25.9 Å². The molecule has 1 aliphatic heterocycles. The maximum Gasteiger partial charge on any atom is 0.319 e. The molecule has 1 unspecified atom stereocenters. The van der Waals surface area contributed by atoms with Gasteiger partial charge in [0.05, 0.1) is 6.04 Å². The molecule has 4 aromatic rings. The van der Waals surface area contributed by atoms with E-state index in [0.29, 0.717) is 13.1 Å². The third kappa shape index (κ3) is 4.36. The topological polar surface area (TPSA) is 80.5 Å². The largest absolute Gasteiger partial charge is 0.361 e. The molecule has 2 aliphatic rings. The van der Waals surface area contributed by atoms with E-state index in [1.165, 1.54) is 22.3 Å². The average Bonchev–Trinajstić information content (AvgIpc) is 3.49. The van der Waals surface area contributed by atoms with Crippen LogP contribution in [0.5, 0.6) is 0 Å². The Morgan fingerprint density at radius 3 is 2.49 bits per heavy atom. The highest BCUT2D eigenvalue weighted by molar-refractivity contribution is 5.98. The normalized spacial score (nSPS) is 17.1. The molecule has 0 saturated carbocycles. The van der Waals surface area contributed by atoms with E-state index in [2.05, 4.69) is 56.9 Å². The summed E-state index contributed by atoms with van der Waals surface area (Å²) in [4.78, 5) is 33.2. The molecular formula is C30H31N5O2. The molecule has 0 spiro atoms. The molecule has 3 N–H and O–H groups in total. The van der Waals surface area contributed by atoms with Gasteiger partial charge in [0.2, 0.25) is 0 Å². The maximum atomic E-state index is 13.3. The number of fused-ring (bicyclic) bond motifs is 4. The number of hydrogen-bond acceptors (Lipinski definition) is 3. The highest BCUT2D eigenvalue weighted by atomic mass is 16.2. The van der Waals surface area contributed by atoms with Gasteiger partial charge in [-0.25, -0.2) is 4.79 Å². The smallest absolute Gasteiger partial charge is 0.319 e. The molecular weight excluding hydrogens is 462 g/mol. The van der Waals surface area contributed by atoms with Crippen LogP contribution in [0.3, 0.4) is 0 Å². The number of urea groups is 1. The van der Waals surface area contributed by atoms with Crippen molar-refractivity contribution in [1.29, 1.82) is 0 Å². The van der Waals surface area contributed by atoms with Gasteiger partial charge in [0, 0.05) is 60.6 Å². The van der Waals surface area contributed by atoms with Crippen molar-refractivity contribution in [2.24, 2.45) is 0 Å². The first-order chi connectivity index (χ1) is 18.0. The van der Waals surface area contributed by atoms with Crippen LogP contribution in [-0.2, 0) is 0 Å². The molecule has 37 heavy (non-hydrogen) atoms. The molecule has 0 radical (unpaired) electrons. The molecule has 1 saturated heterocycles. The molecule has 188 valence electrons. The number of aromatic nitrogens is 1. The summed E-state index contributed by atoms with van der Waals surface area (Å²) in [6, 6.07) is 22.5. The Kier molecular flexibility index (Phi) is 5.93. The van der Waals surface area contributed by atoms with E-state index in [1.54, 1.807) is 0 Å². The lowest BCUT2D eigenvalue weighted by Gasteiger charge is -2.38. The molecule has 6 rings (SSSR count). The zero-order valence-electron chi connectivity index (χ0n) is 21.1. The number of anilines is 1. The van der Waals surface area contributed by atoms with E-state index < -0.39 is 0 Å². The number of hydrogen-bond donors (Lipinski definition) is 3.